The standard InChI is InChI=1S/C32H40N2O3.C28H33NO2/c1-22(2)21-29(25-7-9-26(10-8-25)31(36)33-20-19-30(35)37-6)34-28-17-13-24(14-18-28)23-11-15-27(16-12-23)32(3,4)5;1-19(2)18-26(22-6-8-23(9-7-22)27(30)31)29-25-16-12-21(13-17-25)20-10-14-24(15-11-20)28(3,4)5/h7-18,22,29,34H,19-21H2,1-6H3,(H,33,36);6-17,19,26,29H,18H2,1-5H3,(H,30,31). The van der Waals surface area contributed by atoms with Gasteiger partial charge in [0, 0.05) is 23.5 Å². The second kappa shape index (κ2) is 23.9. The molecule has 0 radical (unpaired) electrons. The van der Waals surface area contributed by atoms with E-state index in [1.165, 1.54) is 40.5 Å². The number of nitrogens with one attached hydrogen (secondary N) is 3. The molecule has 2 unspecified atom stereocenters. The van der Waals surface area contributed by atoms with Gasteiger partial charge in [-0.3, -0.25) is 9.59 Å². The smallest absolute Gasteiger partial charge is 0.335 e. The molecular weight excluding hydrogens is 843 g/mol. The number of hydrogen-bond acceptors (Lipinski definition) is 6. The number of methoxy groups -OCH3 is 1. The number of carbonyl (C=O) groups excluding carboxylic acids is 2. The number of esters is 1. The summed E-state index contributed by atoms with van der Waals surface area (Å²) in [5.41, 5.74) is 13.0. The van der Waals surface area contributed by atoms with E-state index in [1.807, 2.05) is 36.4 Å². The Balaban J connectivity index is 0.000000258. The van der Waals surface area contributed by atoms with Crippen molar-refractivity contribution in [3.63, 3.8) is 0 Å². The molecule has 8 heteroatoms. The van der Waals surface area contributed by atoms with Gasteiger partial charge in [-0.1, -0.05) is 166 Å². The highest BCUT2D eigenvalue weighted by molar-refractivity contribution is 5.94. The summed E-state index contributed by atoms with van der Waals surface area (Å²) in [4.78, 5) is 34.8. The molecular formula is C60H73N3O5. The Kier molecular flexibility index (Phi) is 18.4. The zero-order valence-corrected chi connectivity index (χ0v) is 42.1. The fourth-order valence-corrected chi connectivity index (χ4v) is 7.95. The molecule has 6 rings (SSSR count). The van der Waals surface area contributed by atoms with Crippen LogP contribution in [0.4, 0.5) is 11.4 Å². The summed E-state index contributed by atoms with van der Waals surface area (Å²) < 4.78 is 4.61. The van der Waals surface area contributed by atoms with Gasteiger partial charge in [-0.15, -0.1) is 0 Å². The zero-order chi connectivity index (χ0) is 49.6. The molecule has 358 valence electrons. The summed E-state index contributed by atoms with van der Waals surface area (Å²) >= 11 is 0. The first-order chi connectivity index (χ1) is 32.2. The number of rotatable bonds is 17. The minimum atomic E-state index is -0.897. The van der Waals surface area contributed by atoms with Crippen LogP contribution in [0.3, 0.4) is 0 Å². The molecule has 8 nitrogen and oxygen atoms in total. The maximum absolute atomic E-state index is 12.4. The number of carboxylic acids is 1. The maximum atomic E-state index is 12.4. The molecule has 4 N–H and O–H groups in total. The SMILES string of the molecule is CC(C)CC(Nc1ccc(-c2ccc(C(C)(C)C)cc2)cc1)c1ccc(C(=O)O)cc1.COC(=O)CCNC(=O)c1ccc(C(CC(C)C)Nc2ccc(-c3ccc(C(C)(C)C)cc3)cc2)cc1. The first-order valence-electron chi connectivity index (χ1n) is 23.9. The van der Waals surface area contributed by atoms with Crippen molar-refractivity contribution in [1.29, 1.82) is 0 Å². The van der Waals surface area contributed by atoms with Crippen LogP contribution in [0.15, 0.2) is 146 Å². The average molecular weight is 916 g/mol. The second-order valence-electron chi connectivity index (χ2n) is 20.6. The van der Waals surface area contributed by atoms with Crippen LogP contribution in [-0.2, 0) is 20.4 Å². The first-order valence-corrected chi connectivity index (χ1v) is 23.9. The van der Waals surface area contributed by atoms with Crippen LogP contribution in [-0.4, -0.2) is 36.6 Å². The summed E-state index contributed by atoms with van der Waals surface area (Å²) in [7, 11) is 1.34. The van der Waals surface area contributed by atoms with E-state index in [0.29, 0.717) is 23.0 Å². The van der Waals surface area contributed by atoms with Gasteiger partial charge < -0.3 is 25.8 Å². The third kappa shape index (κ3) is 15.7. The van der Waals surface area contributed by atoms with E-state index in [-0.39, 0.29) is 47.8 Å². The molecule has 0 bridgehead atoms. The second-order valence-corrected chi connectivity index (χ2v) is 20.6. The lowest BCUT2D eigenvalue weighted by Gasteiger charge is -2.23. The molecule has 6 aromatic carbocycles. The number of carbonyl (C=O) groups is 3. The molecule has 6 aromatic rings. The highest BCUT2D eigenvalue weighted by Gasteiger charge is 2.18. The number of carboxylic acid groups (broad SMARTS) is 1. The van der Waals surface area contributed by atoms with Crippen LogP contribution >= 0.6 is 0 Å². The molecule has 0 aliphatic rings. The van der Waals surface area contributed by atoms with Crippen LogP contribution in [0, 0.1) is 11.8 Å². The fourth-order valence-electron chi connectivity index (χ4n) is 7.95. The average Bonchev–Trinajstić information content (AvgIpc) is 3.31. The Hall–Kier alpha value is -6.67. The summed E-state index contributed by atoms with van der Waals surface area (Å²) in [6, 6.07) is 49.8. The molecule has 68 heavy (non-hydrogen) atoms. The third-order valence-electron chi connectivity index (χ3n) is 12.0. The van der Waals surface area contributed by atoms with Gasteiger partial charge >= 0.3 is 11.9 Å². The number of benzene rings is 6. The quantitative estimate of drug-likeness (QED) is 0.0673. The number of amides is 1. The molecule has 0 saturated carbocycles. The van der Waals surface area contributed by atoms with Gasteiger partial charge in [0.15, 0.2) is 0 Å². The van der Waals surface area contributed by atoms with Crippen LogP contribution in [0.1, 0.15) is 144 Å². The Labute approximate surface area is 406 Å². The van der Waals surface area contributed by atoms with Crippen LogP contribution in [0.25, 0.3) is 22.3 Å². The third-order valence-corrected chi connectivity index (χ3v) is 12.0. The van der Waals surface area contributed by atoms with E-state index in [2.05, 4.69) is 187 Å². The number of anilines is 2. The monoisotopic (exact) mass is 916 g/mol. The van der Waals surface area contributed by atoms with Crippen molar-refractivity contribution in [2.75, 3.05) is 24.3 Å². The van der Waals surface area contributed by atoms with Crippen LogP contribution in [0.2, 0.25) is 0 Å². The lowest BCUT2D eigenvalue weighted by Crippen LogP contribution is -2.26. The molecule has 0 saturated heterocycles. The van der Waals surface area contributed by atoms with E-state index in [1.54, 1.807) is 12.1 Å². The van der Waals surface area contributed by atoms with E-state index in [9.17, 15) is 14.4 Å². The lowest BCUT2D eigenvalue weighted by atomic mass is 9.86. The first kappa shape index (κ1) is 52.3. The van der Waals surface area contributed by atoms with Crippen molar-refractivity contribution in [1.82, 2.24) is 5.32 Å². The maximum Gasteiger partial charge on any atom is 0.335 e. The van der Waals surface area contributed by atoms with Crippen molar-refractivity contribution >= 4 is 29.2 Å². The van der Waals surface area contributed by atoms with Gasteiger partial charge in [0.25, 0.3) is 5.91 Å². The summed E-state index contributed by atoms with van der Waals surface area (Å²) in [5.74, 6) is -0.428. The molecule has 0 aliphatic carbocycles. The molecule has 0 heterocycles. The fraction of sp³-hybridized carbons (Fsp3) is 0.350. The number of hydrogen-bond donors (Lipinski definition) is 4. The molecule has 0 fully saturated rings. The normalized spacial score (nSPS) is 12.4. The van der Waals surface area contributed by atoms with Gasteiger partial charge in [0.2, 0.25) is 0 Å². The van der Waals surface area contributed by atoms with Gasteiger partial charge in [-0.25, -0.2) is 4.79 Å². The molecule has 0 aromatic heterocycles. The van der Waals surface area contributed by atoms with Crippen LogP contribution in [0.5, 0.6) is 0 Å². The topological polar surface area (TPSA) is 117 Å². The predicted octanol–water partition coefficient (Wildman–Crippen LogP) is 14.7. The highest BCUT2D eigenvalue weighted by Crippen LogP contribution is 2.32. The Bertz CT molecular complexity index is 2510. The molecule has 1 amide bonds. The Morgan fingerprint density at radius 3 is 1.15 bits per heavy atom. The largest absolute Gasteiger partial charge is 0.478 e. The molecule has 0 aliphatic heterocycles. The highest BCUT2D eigenvalue weighted by atomic mass is 16.5. The Morgan fingerprint density at radius 2 is 0.838 bits per heavy atom. The molecule has 2 atom stereocenters. The van der Waals surface area contributed by atoms with E-state index in [0.717, 1.165) is 35.3 Å². The van der Waals surface area contributed by atoms with Gasteiger partial charge in [0.1, 0.15) is 0 Å². The van der Waals surface area contributed by atoms with E-state index < -0.39 is 5.97 Å². The Morgan fingerprint density at radius 1 is 0.500 bits per heavy atom. The van der Waals surface area contributed by atoms with Crippen molar-refractivity contribution < 1.29 is 24.2 Å². The minimum Gasteiger partial charge on any atom is -0.478 e. The minimum absolute atomic E-state index is 0.119. The van der Waals surface area contributed by atoms with E-state index in [4.69, 9.17) is 5.11 Å². The van der Waals surface area contributed by atoms with Crippen molar-refractivity contribution in [2.45, 2.75) is 111 Å². The summed E-state index contributed by atoms with van der Waals surface area (Å²) in [5, 5.41) is 19.2. The lowest BCUT2D eigenvalue weighted by molar-refractivity contribution is -0.140. The number of ether oxygens (including phenoxy) is 1. The van der Waals surface area contributed by atoms with Crippen LogP contribution < -0.4 is 16.0 Å². The van der Waals surface area contributed by atoms with Gasteiger partial charge in [-0.2, -0.15) is 0 Å². The van der Waals surface area contributed by atoms with Crippen molar-refractivity contribution in [3.05, 3.63) is 179 Å². The zero-order valence-electron chi connectivity index (χ0n) is 42.1. The van der Waals surface area contributed by atoms with Crippen molar-refractivity contribution in [3.8, 4) is 22.3 Å². The van der Waals surface area contributed by atoms with E-state index >= 15 is 0 Å². The number of aromatic carboxylic acids is 1. The summed E-state index contributed by atoms with van der Waals surface area (Å²) in [6.07, 6.45) is 2.07. The van der Waals surface area contributed by atoms with Gasteiger partial charge in [-0.05, 0) is 129 Å². The predicted molar refractivity (Wildman–Crippen MR) is 282 cm³/mol. The summed E-state index contributed by atoms with van der Waals surface area (Å²) in [6.45, 7) is 22.4. The van der Waals surface area contributed by atoms with Gasteiger partial charge in [0.05, 0.1) is 31.2 Å². The molecule has 0 spiro atoms. The van der Waals surface area contributed by atoms with Crippen molar-refractivity contribution in [2.24, 2.45) is 11.8 Å².